The van der Waals surface area contributed by atoms with Gasteiger partial charge in [-0.15, -0.1) is 11.3 Å². The van der Waals surface area contributed by atoms with Crippen LogP contribution in [-0.4, -0.2) is 49.3 Å². The fraction of sp³-hybridized carbons (Fsp3) is 0.263. The maximum absolute atomic E-state index is 12.6. The Balaban J connectivity index is 1.95. The van der Waals surface area contributed by atoms with Crippen molar-refractivity contribution >= 4 is 44.8 Å². The highest BCUT2D eigenvalue weighted by Gasteiger charge is 2.26. The molecule has 4 aromatic rings. The maximum Gasteiger partial charge on any atom is 0.435 e. The van der Waals surface area contributed by atoms with Crippen LogP contribution in [0.3, 0.4) is 0 Å². The van der Waals surface area contributed by atoms with Crippen LogP contribution < -0.4 is 4.74 Å². The van der Waals surface area contributed by atoms with Crippen molar-refractivity contribution in [3.8, 4) is 17.3 Å². The Morgan fingerprint density at radius 1 is 1.17 bits per heavy atom. The first kappa shape index (κ1) is 18.9. The van der Waals surface area contributed by atoms with Crippen molar-refractivity contribution in [2.45, 2.75) is 26.4 Å². The summed E-state index contributed by atoms with van der Waals surface area (Å²) in [6, 6.07) is 6.57. The van der Waals surface area contributed by atoms with E-state index in [0.29, 0.717) is 38.5 Å². The molecule has 1 N–H and O–H groups in total. The number of hydrogen-bond acceptors (Lipinski definition) is 7. The lowest BCUT2D eigenvalue weighted by Crippen LogP contribution is -2.27. The molecule has 0 bridgehead atoms. The van der Waals surface area contributed by atoms with Gasteiger partial charge in [-0.25, -0.2) is 19.1 Å². The number of fused-ring (bicyclic) bond motifs is 2. The van der Waals surface area contributed by atoms with Crippen LogP contribution in [0.5, 0.6) is 5.88 Å². The molecule has 0 aromatic carbocycles. The third-order valence-corrected chi connectivity index (χ3v) is 5.04. The molecule has 0 unspecified atom stereocenters. The Kier molecular flexibility index (Phi) is 4.30. The number of aromatic nitrogens is 4. The van der Waals surface area contributed by atoms with Gasteiger partial charge in [-0.3, -0.25) is 0 Å². The smallest absolute Gasteiger partial charge is 0.435 e. The van der Waals surface area contributed by atoms with Crippen LogP contribution in [0.2, 0.25) is 0 Å². The SMILES string of the molecule is COc1ccc2c(cc(-c3nn(C(=O)OC(C)(C)C)c4ccsc34)n2C(=O)O)n1. The van der Waals surface area contributed by atoms with Gasteiger partial charge >= 0.3 is 12.2 Å². The van der Waals surface area contributed by atoms with E-state index in [-0.39, 0.29) is 0 Å². The molecule has 4 aromatic heterocycles. The first-order valence-corrected chi connectivity index (χ1v) is 9.57. The summed E-state index contributed by atoms with van der Waals surface area (Å²) in [4.78, 5) is 28.9. The van der Waals surface area contributed by atoms with Gasteiger partial charge in [0, 0.05) is 6.07 Å². The number of thiophene rings is 1. The predicted octanol–water partition coefficient (Wildman–Crippen LogP) is 4.43. The lowest BCUT2D eigenvalue weighted by molar-refractivity contribution is 0.0523. The number of carbonyl (C=O) groups excluding carboxylic acids is 1. The van der Waals surface area contributed by atoms with Gasteiger partial charge in [-0.1, -0.05) is 0 Å². The van der Waals surface area contributed by atoms with E-state index in [0.717, 1.165) is 9.25 Å². The Labute approximate surface area is 169 Å². The molecule has 0 saturated carbocycles. The van der Waals surface area contributed by atoms with Crippen molar-refractivity contribution in [3.63, 3.8) is 0 Å². The lowest BCUT2D eigenvalue weighted by Gasteiger charge is -2.19. The molecule has 0 aliphatic carbocycles. The number of ether oxygens (including phenoxy) is 2. The first-order chi connectivity index (χ1) is 13.7. The number of methoxy groups -OCH3 is 1. The molecule has 0 amide bonds. The number of pyridine rings is 1. The molecule has 150 valence electrons. The Morgan fingerprint density at radius 2 is 1.93 bits per heavy atom. The molecule has 29 heavy (non-hydrogen) atoms. The Bertz CT molecular complexity index is 1260. The van der Waals surface area contributed by atoms with E-state index >= 15 is 0 Å². The molecule has 0 atom stereocenters. The number of hydrogen-bond donors (Lipinski definition) is 1. The van der Waals surface area contributed by atoms with E-state index in [9.17, 15) is 14.7 Å². The lowest BCUT2D eigenvalue weighted by atomic mass is 10.2. The summed E-state index contributed by atoms with van der Waals surface area (Å²) in [5, 5.41) is 16.0. The molecule has 0 radical (unpaired) electrons. The highest BCUT2D eigenvalue weighted by atomic mass is 32.1. The summed E-state index contributed by atoms with van der Waals surface area (Å²) in [6.07, 6.45) is -1.82. The Morgan fingerprint density at radius 3 is 2.59 bits per heavy atom. The van der Waals surface area contributed by atoms with Gasteiger partial charge in [0.2, 0.25) is 5.88 Å². The monoisotopic (exact) mass is 414 g/mol. The van der Waals surface area contributed by atoms with Gasteiger partial charge in [-0.2, -0.15) is 9.78 Å². The van der Waals surface area contributed by atoms with Crippen LogP contribution in [0.1, 0.15) is 20.8 Å². The summed E-state index contributed by atoms with van der Waals surface area (Å²) < 4.78 is 13.5. The molecule has 0 spiro atoms. The third-order valence-electron chi connectivity index (χ3n) is 4.13. The minimum absolute atomic E-state index is 0.308. The fourth-order valence-electron chi connectivity index (χ4n) is 3.02. The number of carboxylic acid groups (broad SMARTS) is 1. The minimum atomic E-state index is -1.18. The molecule has 4 rings (SSSR count). The predicted molar refractivity (Wildman–Crippen MR) is 108 cm³/mol. The maximum atomic E-state index is 12.6. The molecule has 4 heterocycles. The second-order valence-corrected chi connectivity index (χ2v) is 8.20. The molecular weight excluding hydrogens is 396 g/mol. The average Bonchev–Trinajstić information content (AvgIpc) is 3.31. The van der Waals surface area contributed by atoms with Crippen molar-refractivity contribution in [1.29, 1.82) is 0 Å². The molecular formula is C19H18N4O5S. The van der Waals surface area contributed by atoms with Gasteiger partial charge < -0.3 is 14.6 Å². The third kappa shape index (κ3) is 3.21. The number of rotatable bonds is 2. The average molecular weight is 414 g/mol. The summed E-state index contributed by atoms with van der Waals surface area (Å²) in [6.45, 7) is 5.30. The summed E-state index contributed by atoms with van der Waals surface area (Å²) in [5.41, 5.74) is 1.36. The van der Waals surface area contributed by atoms with E-state index in [1.165, 1.54) is 18.4 Å². The molecule has 0 aliphatic heterocycles. The van der Waals surface area contributed by atoms with Crippen molar-refractivity contribution in [3.05, 3.63) is 29.6 Å². The van der Waals surface area contributed by atoms with Crippen LogP contribution in [0, 0.1) is 0 Å². The summed E-state index contributed by atoms with van der Waals surface area (Å²) in [5.74, 6) is 0.368. The largest absolute Gasteiger partial charge is 0.481 e. The molecule has 10 heteroatoms. The standard InChI is InChI=1S/C19H18N4O5S/c1-19(2,3)28-18(26)23-12-7-8-29-16(12)15(21-23)13-9-10-11(22(13)17(24)25)5-6-14(20-10)27-4/h5-9H,1-4H3,(H,24,25). The first-order valence-electron chi connectivity index (χ1n) is 8.69. The normalized spacial score (nSPS) is 11.9. The second kappa shape index (κ2) is 6.59. The van der Waals surface area contributed by atoms with E-state index in [1.54, 1.807) is 45.0 Å². The van der Waals surface area contributed by atoms with Crippen molar-refractivity contribution in [1.82, 2.24) is 19.3 Å². The van der Waals surface area contributed by atoms with Crippen LogP contribution >= 0.6 is 11.3 Å². The summed E-state index contributed by atoms with van der Waals surface area (Å²) >= 11 is 1.36. The zero-order valence-electron chi connectivity index (χ0n) is 16.2. The van der Waals surface area contributed by atoms with Gasteiger partial charge in [0.05, 0.1) is 34.1 Å². The molecule has 0 aliphatic rings. The zero-order chi connectivity index (χ0) is 20.9. The second-order valence-electron chi connectivity index (χ2n) is 7.28. The fourth-order valence-corrected chi connectivity index (χ4v) is 3.88. The highest BCUT2D eigenvalue weighted by Crippen LogP contribution is 2.35. The minimum Gasteiger partial charge on any atom is -0.481 e. The quantitative estimate of drug-likeness (QED) is 0.517. The zero-order valence-corrected chi connectivity index (χ0v) is 17.0. The van der Waals surface area contributed by atoms with Gasteiger partial charge in [-0.05, 0) is 44.4 Å². The van der Waals surface area contributed by atoms with E-state index < -0.39 is 17.8 Å². The van der Waals surface area contributed by atoms with E-state index in [4.69, 9.17) is 9.47 Å². The number of nitrogens with zero attached hydrogens (tertiary/aromatic N) is 4. The molecule has 9 nitrogen and oxygen atoms in total. The van der Waals surface area contributed by atoms with Crippen molar-refractivity contribution in [2.75, 3.05) is 7.11 Å². The highest BCUT2D eigenvalue weighted by molar-refractivity contribution is 7.17. The van der Waals surface area contributed by atoms with Crippen molar-refractivity contribution in [2.24, 2.45) is 0 Å². The van der Waals surface area contributed by atoms with Crippen molar-refractivity contribution < 1.29 is 24.2 Å². The Hall–Kier alpha value is -3.40. The van der Waals surface area contributed by atoms with Crippen LogP contribution in [-0.2, 0) is 4.74 Å². The molecule has 0 fully saturated rings. The van der Waals surface area contributed by atoms with E-state index in [2.05, 4.69) is 10.1 Å². The topological polar surface area (TPSA) is 108 Å². The van der Waals surface area contributed by atoms with E-state index in [1.807, 2.05) is 5.38 Å². The molecule has 0 saturated heterocycles. The van der Waals surface area contributed by atoms with Gasteiger partial charge in [0.1, 0.15) is 11.3 Å². The number of carbonyl (C=O) groups is 2. The van der Waals surface area contributed by atoms with Crippen LogP contribution in [0.25, 0.3) is 32.6 Å². The van der Waals surface area contributed by atoms with Gasteiger partial charge in [0.25, 0.3) is 0 Å². The summed E-state index contributed by atoms with van der Waals surface area (Å²) in [7, 11) is 1.49. The van der Waals surface area contributed by atoms with Crippen LogP contribution in [0.15, 0.2) is 29.6 Å². The van der Waals surface area contributed by atoms with Crippen LogP contribution in [0.4, 0.5) is 9.59 Å². The van der Waals surface area contributed by atoms with Gasteiger partial charge in [0.15, 0.2) is 0 Å².